The molecule has 0 aliphatic rings. The Balaban J connectivity index is 2.10. The molecule has 0 saturated heterocycles. The maximum atomic E-state index is 10.0. The van der Waals surface area contributed by atoms with Gasteiger partial charge < -0.3 is 25.5 Å². The first-order valence-corrected chi connectivity index (χ1v) is 6.18. The zero-order chi connectivity index (χ0) is 14.7. The molecular formula is C15H16O5. The molecule has 0 aliphatic carbocycles. The lowest BCUT2D eigenvalue weighted by atomic mass is 10.00. The zero-order valence-electron chi connectivity index (χ0n) is 10.7. The van der Waals surface area contributed by atoms with Crippen molar-refractivity contribution in [2.45, 2.75) is 18.9 Å². The summed E-state index contributed by atoms with van der Waals surface area (Å²) in [5.74, 6) is -0.0740. The second-order valence-corrected chi connectivity index (χ2v) is 4.61. The Morgan fingerprint density at radius 3 is 2.10 bits per heavy atom. The number of aliphatic hydroxyl groups is 1. The number of aromatic hydroxyl groups is 4. The molecule has 1 unspecified atom stereocenters. The molecule has 20 heavy (non-hydrogen) atoms. The van der Waals surface area contributed by atoms with E-state index in [4.69, 9.17) is 0 Å². The SMILES string of the molecule is Oc1ccc(O)c(CCC(O)c2cc(O)ccc2O)c1. The van der Waals surface area contributed by atoms with Gasteiger partial charge in [-0.05, 0) is 54.8 Å². The van der Waals surface area contributed by atoms with E-state index in [1.807, 2.05) is 0 Å². The minimum absolute atomic E-state index is 0.0347. The molecule has 0 aromatic heterocycles. The number of aryl methyl sites for hydroxylation is 1. The van der Waals surface area contributed by atoms with E-state index < -0.39 is 6.10 Å². The normalized spacial score (nSPS) is 12.2. The summed E-state index contributed by atoms with van der Waals surface area (Å²) in [5, 5.41) is 48.0. The highest BCUT2D eigenvalue weighted by Gasteiger charge is 2.14. The van der Waals surface area contributed by atoms with Crippen molar-refractivity contribution in [1.29, 1.82) is 0 Å². The summed E-state index contributed by atoms with van der Waals surface area (Å²) < 4.78 is 0. The first kappa shape index (κ1) is 14.0. The minimum atomic E-state index is -0.983. The maximum absolute atomic E-state index is 10.0. The lowest BCUT2D eigenvalue weighted by molar-refractivity contribution is 0.163. The molecule has 1 atom stereocenters. The Bertz CT molecular complexity index is 609. The maximum Gasteiger partial charge on any atom is 0.121 e. The molecule has 0 amide bonds. The van der Waals surface area contributed by atoms with Gasteiger partial charge in [-0.3, -0.25) is 0 Å². The van der Waals surface area contributed by atoms with Gasteiger partial charge in [-0.15, -0.1) is 0 Å². The number of benzene rings is 2. The number of rotatable bonds is 4. The van der Waals surface area contributed by atoms with Gasteiger partial charge in [-0.1, -0.05) is 0 Å². The molecule has 0 spiro atoms. The average Bonchev–Trinajstić information content (AvgIpc) is 2.42. The predicted octanol–water partition coefficient (Wildman–Crippen LogP) is 2.18. The molecule has 0 bridgehead atoms. The molecule has 0 aliphatic heterocycles. The van der Waals surface area contributed by atoms with Crippen molar-refractivity contribution in [2.75, 3.05) is 0 Å². The van der Waals surface area contributed by atoms with E-state index >= 15 is 0 Å². The molecule has 2 rings (SSSR count). The molecule has 106 valence electrons. The van der Waals surface area contributed by atoms with Crippen molar-refractivity contribution in [3.8, 4) is 23.0 Å². The Morgan fingerprint density at radius 2 is 1.40 bits per heavy atom. The molecular weight excluding hydrogens is 260 g/mol. The zero-order valence-corrected chi connectivity index (χ0v) is 10.7. The lowest BCUT2D eigenvalue weighted by Crippen LogP contribution is -2.00. The Labute approximate surface area is 116 Å². The van der Waals surface area contributed by atoms with Crippen LogP contribution in [0.25, 0.3) is 0 Å². The van der Waals surface area contributed by atoms with E-state index in [1.54, 1.807) is 0 Å². The van der Waals surface area contributed by atoms with Crippen LogP contribution in [0.2, 0.25) is 0 Å². The average molecular weight is 276 g/mol. The number of phenolic OH excluding ortho intramolecular Hbond substituents is 4. The summed E-state index contributed by atoms with van der Waals surface area (Å²) >= 11 is 0. The Morgan fingerprint density at radius 1 is 0.800 bits per heavy atom. The molecule has 0 radical (unpaired) electrons. The van der Waals surface area contributed by atoms with E-state index in [0.717, 1.165) is 0 Å². The van der Waals surface area contributed by atoms with Crippen LogP contribution in [0.4, 0.5) is 0 Å². The molecule has 0 fully saturated rings. The van der Waals surface area contributed by atoms with E-state index in [9.17, 15) is 25.5 Å². The van der Waals surface area contributed by atoms with Crippen LogP contribution >= 0.6 is 0 Å². The smallest absolute Gasteiger partial charge is 0.121 e. The van der Waals surface area contributed by atoms with Crippen LogP contribution in [-0.4, -0.2) is 25.5 Å². The standard InChI is InChI=1S/C15H16O5/c16-10-2-5-13(18)9(7-10)1-4-14(19)12-8-11(17)3-6-15(12)20/h2-3,5-8,14,16-20H,1,4H2. The van der Waals surface area contributed by atoms with Crippen LogP contribution in [-0.2, 0) is 6.42 Å². The Kier molecular flexibility index (Phi) is 4.00. The fourth-order valence-corrected chi connectivity index (χ4v) is 2.03. The summed E-state index contributed by atoms with van der Waals surface area (Å²) in [5.41, 5.74) is 0.730. The van der Waals surface area contributed by atoms with Crippen molar-refractivity contribution in [2.24, 2.45) is 0 Å². The molecule has 0 heterocycles. The van der Waals surface area contributed by atoms with Gasteiger partial charge in [0.05, 0.1) is 6.10 Å². The van der Waals surface area contributed by atoms with Gasteiger partial charge in [0.15, 0.2) is 0 Å². The van der Waals surface area contributed by atoms with Crippen molar-refractivity contribution in [3.05, 3.63) is 47.5 Å². The van der Waals surface area contributed by atoms with Crippen LogP contribution in [0, 0.1) is 0 Å². The van der Waals surface area contributed by atoms with Gasteiger partial charge in [0.25, 0.3) is 0 Å². The minimum Gasteiger partial charge on any atom is -0.508 e. The molecule has 5 N–H and O–H groups in total. The topological polar surface area (TPSA) is 101 Å². The number of aliphatic hydroxyl groups excluding tert-OH is 1. The summed E-state index contributed by atoms with van der Waals surface area (Å²) in [7, 11) is 0. The largest absolute Gasteiger partial charge is 0.508 e. The third-order valence-corrected chi connectivity index (χ3v) is 3.12. The first-order valence-electron chi connectivity index (χ1n) is 6.18. The van der Waals surface area contributed by atoms with Crippen LogP contribution in [0.5, 0.6) is 23.0 Å². The van der Waals surface area contributed by atoms with Gasteiger partial charge in [0.2, 0.25) is 0 Å². The van der Waals surface area contributed by atoms with E-state index in [2.05, 4.69) is 0 Å². The number of hydrogen-bond donors (Lipinski definition) is 5. The quantitative estimate of drug-likeness (QED) is 0.551. The monoisotopic (exact) mass is 276 g/mol. The van der Waals surface area contributed by atoms with Gasteiger partial charge >= 0.3 is 0 Å². The van der Waals surface area contributed by atoms with E-state index in [1.165, 1.54) is 36.4 Å². The fraction of sp³-hybridized carbons (Fsp3) is 0.200. The summed E-state index contributed by atoms with van der Waals surface area (Å²) in [4.78, 5) is 0. The van der Waals surface area contributed by atoms with Crippen molar-refractivity contribution in [3.63, 3.8) is 0 Å². The van der Waals surface area contributed by atoms with E-state index in [0.29, 0.717) is 12.0 Å². The van der Waals surface area contributed by atoms with Gasteiger partial charge in [-0.25, -0.2) is 0 Å². The first-order chi connectivity index (χ1) is 9.47. The van der Waals surface area contributed by atoms with Crippen LogP contribution < -0.4 is 0 Å². The van der Waals surface area contributed by atoms with E-state index in [-0.39, 0.29) is 35.0 Å². The fourth-order valence-electron chi connectivity index (χ4n) is 2.03. The highest BCUT2D eigenvalue weighted by molar-refractivity contribution is 5.41. The molecule has 5 nitrogen and oxygen atoms in total. The number of phenols is 4. The Hall–Kier alpha value is -2.40. The van der Waals surface area contributed by atoms with Crippen LogP contribution in [0.15, 0.2) is 36.4 Å². The highest BCUT2D eigenvalue weighted by Crippen LogP contribution is 2.32. The molecule has 2 aromatic rings. The third-order valence-electron chi connectivity index (χ3n) is 3.12. The molecule has 5 heteroatoms. The van der Waals surface area contributed by atoms with Gasteiger partial charge in [-0.2, -0.15) is 0 Å². The van der Waals surface area contributed by atoms with Crippen molar-refractivity contribution >= 4 is 0 Å². The molecule has 2 aromatic carbocycles. The van der Waals surface area contributed by atoms with Crippen molar-refractivity contribution < 1.29 is 25.5 Å². The van der Waals surface area contributed by atoms with Crippen molar-refractivity contribution in [1.82, 2.24) is 0 Å². The second-order valence-electron chi connectivity index (χ2n) is 4.61. The second kappa shape index (κ2) is 5.71. The molecule has 0 saturated carbocycles. The predicted molar refractivity (Wildman–Crippen MR) is 72.8 cm³/mol. The van der Waals surface area contributed by atoms with Crippen LogP contribution in [0.1, 0.15) is 23.7 Å². The highest BCUT2D eigenvalue weighted by atomic mass is 16.3. The summed E-state index contributed by atoms with van der Waals surface area (Å²) in [6.07, 6.45) is -0.436. The van der Waals surface area contributed by atoms with Crippen LogP contribution in [0.3, 0.4) is 0 Å². The third kappa shape index (κ3) is 3.13. The number of hydrogen-bond acceptors (Lipinski definition) is 5. The summed E-state index contributed by atoms with van der Waals surface area (Å²) in [6, 6.07) is 8.10. The van der Waals surface area contributed by atoms with Gasteiger partial charge in [0.1, 0.15) is 23.0 Å². The lowest BCUT2D eigenvalue weighted by Gasteiger charge is -2.13. The van der Waals surface area contributed by atoms with Gasteiger partial charge in [0, 0.05) is 5.56 Å². The summed E-state index contributed by atoms with van der Waals surface area (Å²) in [6.45, 7) is 0.